The first-order valence-corrected chi connectivity index (χ1v) is 7.68. The molecule has 0 saturated heterocycles. The van der Waals surface area contributed by atoms with Gasteiger partial charge in [0.2, 0.25) is 0 Å². The van der Waals surface area contributed by atoms with Crippen molar-refractivity contribution in [3.8, 4) is 5.75 Å². The van der Waals surface area contributed by atoms with E-state index in [-0.39, 0.29) is 12.4 Å². The summed E-state index contributed by atoms with van der Waals surface area (Å²) in [5, 5.41) is 0.889. The standard InChI is InChI=1S/C17H15Cl2FO3/c1-22-17(21)15(14-7-2-11(18)10-16(14)19)8-9-23-13-5-3-12(20)4-6-13/h2-7,10,15H,8-9H2,1H3/t15-/m0/s1. The Morgan fingerprint density at radius 3 is 2.48 bits per heavy atom. The average Bonchev–Trinajstić information content (AvgIpc) is 2.53. The topological polar surface area (TPSA) is 35.5 Å². The molecule has 6 heteroatoms. The molecule has 0 unspecified atom stereocenters. The maximum atomic E-state index is 12.8. The lowest BCUT2D eigenvalue weighted by atomic mass is 9.96. The Morgan fingerprint density at radius 2 is 1.87 bits per heavy atom. The zero-order valence-electron chi connectivity index (χ0n) is 12.4. The number of hydrogen-bond donors (Lipinski definition) is 0. The molecule has 0 radical (unpaired) electrons. The van der Waals surface area contributed by atoms with Gasteiger partial charge in [-0.1, -0.05) is 29.3 Å². The molecule has 2 aromatic carbocycles. The van der Waals surface area contributed by atoms with Crippen LogP contribution in [0.2, 0.25) is 10.0 Å². The van der Waals surface area contributed by atoms with Crippen LogP contribution in [0.4, 0.5) is 4.39 Å². The van der Waals surface area contributed by atoms with Gasteiger partial charge < -0.3 is 9.47 Å². The normalized spacial score (nSPS) is 11.8. The van der Waals surface area contributed by atoms with Crippen molar-refractivity contribution < 1.29 is 18.7 Å². The number of halogens is 3. The fourth-order valence-electron chi connectivity index (χ4n) is 2.15. The molecule has 1 atom stereocenters. The van der Waals surface area contributed by atoms with Crippen LogP contribution in [0, 0.1) is 5.82 Å². The maximum Gasteiger partial charge on any atom is 0.313 e. The number of ether oxygens (including phenoxy) is 2. The van der Waals surface area contributed by atoms with Gasteiger partial charge in [0.25, 0.3) is 0 Å². The summed E-state index contributed by atoms with van der Waals surface area (Å²) in [5.41, 5.74) is 0.630. The Bertz CT molecular complexity index is 674. The SMILES string of the molecule is COC(=O)[C@@H](CCOc1ccc(F)cc1)c1ccc(Cl)cc1Cl. The lowest BCUT2D eigenvalue weighted by molar-refractivity contribution is -0.142. The molecule has 0 N–H and O–H groups in total. The molecule has 0 aliphatic carbocycles. The second-order valence-corrected chi connectivity index (χ2v) is 5.68. The van der Waals surface area contributed by atoms with Crippen molar-refractivity contribution >= 4 is 29.2 Å². The molecule has 0 heterocycles. The first-order chi connectivity index (χ1) is 11.0. The summed E-state index contributed by atoms with van der Waals surface area (Å²) in [6.45, 7) is 0.254. The zero-order chi connectivity index (χ0) is 16.8. The quantitative estimate of drug-likeness (QED) is 0.693. The third-order valence-electron chi connectivity index (χ3n) is 3.31. The second-order valence-electron chi connectivity index (χ2n) is 4.83. The molecule has 0 amide bonds. The van der Waals surface area contributed by atoms with Gasteiger partial charge in [-0.05, 0) is 48.4 Å². The van der Waals surface area contributed by atoms with Crippen molar-refractivity contribution in [1.82, 2.24) is 0 Å². The van der Waals surface area contributed by atoms with E-state index in [0.29, 0.717) is 27.8 Å². The fraction of sp³-hybridized carbons (Fsp3) is 0.235. The zero-order valence-corrected chi connectivity index (χ0v) is 13.9. The highest BCUT2D eigenvalue weighted by atomic mass is 35.5. The molecule has 122 valence electrons. The molecule has 0 saturated carbocycles. The van der Waals surface area contributed by atoms with Gasteiger partial charge in [-0.2, -0.15) is 0 Å². The largest absolute Gasteiger partial charge is 0.494 e. The highest BCUT2D eigenvalue weighted by Gasteiger charge is 2.24. The predicted molar refractivity (Wildman–Crippen MR) is 87.7 cm³/mol. The number of hydrogen-bond acceptors (Lipinski definition) is 3. The van der Waals surface area contributed by atoms with Crippen molar-refractivity contribution in [1.29, 1.82) is 0 Å². The summed E-state index contributed by atoms with van der Waals surface area (Å²) >= 11 is 12.0. The summed E-state index contributed by atoms with van der Waals surface area (Å²) in [4.78, 5) is 12.0. The van der Waals surface area contributed by atoms with Gasteiger partial charge in [0.1, 0.15) is 11.6 Å². The molecular weight excluding hydrogens is 342 g/mol. The molecule has 2 aromatic rings. The molecule has 0 spiro atoms. The van der Waals surface area contributed by atoms with Crippen LogP contribution in [0.25, 0.3) is 0 Å². The van der Waals surface area contributed by atoms with Crippen molar-refractivity contribution in [3.05, 3.63) is 63.9 Å². The Hall–Kier alpha value is -1.78. The summed E-state index contributed by atoms with van der Waals surface area (Å²) < 4.78 is 23.2. The minimum atomic E-state index is -0.565. The Morgan fingerprint density at radius 1 is 1.17 bits per heavy atom. The third-order valence-corrected chi connectivity index (χ3v) is 3.87. The molecule has 0 aliphatic rings. The van der Waals surface area contributed by atoms with E-state index in [0.717, 1.165) is 0 Å². The van der Waals surface area contributed by atoms with Gasteiger partial charge >= 0.3 is 5.97 Å². The fourth-order valence-corrected chi connectivity index (χ4v) is 2.69. The average molecular weight is 357 g/mol. The first kappa shape index (κ1) is 17.6. The van der Waals surface area contributed by atoms with Gasteiger partial charge in [0, 0.05) is 10.0 Å². The number of carbonyl (C=O) groups excluding carboxylic acids is 1. The van der Waals surface area contributed by atoms with Gasteiger partial charge in [0.05, 0.1) is 19.6 Å². The number of esters is 1. The van der Waals surface area contributed by atoms with Crippen LogP contribution >= 0.6 is 23.2 Å². The van der Waals surface area contributed by atoms with Crippen molar-refractivity contribution in [2.24, 2.45) is 0 Å². The first-order valence-electron chi connectivity index (χ1n) is 6.92. The highest BCUT2D eigenvalue weighted by Crippen LogP contribution is 2.30. The second kappa shape index (κ2) is 8.18. The van der Waals surface area contributed by atoms with E-state index in [1.807, 2.05) is 0 Å². The van der Waals surface area contributed by atoms with E-state index in [4.69, 9.17) is 32.7 Å². The van der Waals surface area contributed by atoms with Crippen LogP contribution in [0.1, 0.15) is 17.9 Å². The van der Waals surface area contributed by atoms with Gasteiger partial charge in [0.15, 0.2) is 0 Å². The van der Waals surface area contributed by atoms with E-state index in [1.165, 1.54) is 31.4 Å². The molecule has 2 rings (SSSR count). The van der Waals surface area contributed by atoms with Crippen LogP contribution in [0.5, 0.6) is 5.75 Å². The lowest BCUT2D eigenvalue weighted by Gasteiger charge is -2.17. The van der Waals surface area contributed by atoms with Crippen LogP contribution < -0.4 is 4.74 Å². The summed E-state index contributed by atoms with van der Waals surface area (Å²) in [5.74, 6) is -0.780. The van der Waals surface area contributed by atoms with Crippen LogP contribution in [0.15, 0.2) is 42.5 Å². The summed E-state index contributed by atoms with van der Waals surface area (Å²) in [7, 11) is 1.32. The van der Waals surface area contributed by atoms with E-state index in [1.54, 1.807) is 18.2 Å². The monoisotopic (exact) mass is 356 g/mol. The van der Waals surface area contributed by atoms with Crippen molar-refractivity contribution in [2.45, 2.75) is 12.3 Å². The Labute approximate surface area is 143 Å². The lowest BCUT2D eigenvalue weighted by Crippen LogP contribution is -2.17. The summed E-state index contributed by atoms with van der Waals surface area (Å²) in [6.07, 6.45) is 0.366. The molecule has 0 bridgehead atoms. The van der Waals surface area contributed by atoms with E-state index in [2.05, 4.69) is 0 Å². The number of rotatable bonds is 6. The highest BCUT2D eigenvalue weighted by molar-refractivity contribution is 6.35. The minimum Gasteiger partial charge on any atom is -0.494 e. The van der Waals surface area contributed by atoms with Crippen LogP contribution in [-0.4, -0.2) is 19.7 Å². The number of carbonyl (C=O) groups is 1. The molecule has 0 aromatic heterocycles. The molecular formula is C17H15Cl2FO3. The molecule has 23 heavy (non-hydrogen) atoms. The van der Waals surface area contributed by atoms with Crippen molar-refractivity contribution in [2.75, 3.05) is 13.7 Å². The van der Waals surface area contributed by atoms with E-state index in [9.17, 15) is 9.18 Å². The van der Waals surface area contributed by atoms with Crippen LogP contribution in [0.3, 0.4) is 0 Å². The molecule has 0 aliphatic heterocycles. The predicted octanol–water partition coefficient (Wildman–Crippen LogP) is 4.86. The number of methoxy groups -OCH3 is 1. The van der Waals surface area contributed by atoms with E-state index >= 15 is 0 Å². The van der Waals surface area contributed by atoms with Crippen LogP contribution in [-0.2, 0) is 9.53 Å². The smallest absolute Gasteiger partial charge is 0.313 e. The molecule has 3 nitrogen and oxygen atoms in total. The Balaban J connectivity index is 2.07. The van der Waals surface area contributed by atoms with Gasteiger partial charge in [-0.25, -0.2) is 4.39 Å². The van der Waals surface area contributed by atoms with Gasteiger partial charge in [-0.15, -0.1) is 0 Å². The van der Waals surface area contributed by atoms with Gasteiger partial charge in [-0.3, -0.25) is 4.79 Å². The third kappa shape index (κ3) is 4.85. The minimum absolute atomic E-state index is 0.254. The summed E-state index contributed by atoms with van der Waals surface area (Å²) in [6, 6.07) is 10.6. The van der Waals surface area contributed by atoms with E-state index < -0.39 is 11.9 Å². The Kier molecular flexibility index (Phi) is 6.25. The maximum absolute atomic E-state index is 12.8. The number of benzene rings is 2. The van der Waals surface area contributed by atoms with Crippen molar-refractivity contribution in [3.63, 3.8) is 0 Å². The molecule has 0 fully saturated rings.